The van der Waals surface area contributed by atoms with Crippen LogP contribution in [0.1, 0.15) is 6.42 Å². The maximum atomic E-state index is 6.07. The fraction of sp³-hybridized carbons (Fsp3) is 0.333. The number of hydrogen-bond donors (Lipinski definition) is 0. The molecule has 0 fully saturated rings. The van der Waals surface area contributed by atoms with Gasteiger partial charge in [-0.15, -0.1) is 0 Å². The zero-order chi connectivity index (χ0) is 13.4. The number of alkyl halides is 1. The Morgan fingerprint density at radius 1 is 1.28 bits per heavy atom. The molecule has 0 saturated carbocycles. The maximum Gasteiger partial charge on any atom is 0.138 e. The van der Waals surface area contributed by atoms with E-state index < -0.39 is 0 Å². The van der Waals surface area contributed by atoms with Crippen molar-refractivity contribution in [3.8, 4) is 11.5 Å². The quantitative estimate of drug-likeness (QED) is 0.482. The van der Waals surface area contributed by atoms with E-state index in [1.54, 1.807) is 24.3 Å². The second kappa shape index (κ2) is 8.92. The Morgan fingerprint density at radius 2 is 2.06 bits per heavy atom. The first-order valence-corrected chi connectivity index (χ1v) is 7.51. The van der Waals surface area contributed by atoms with Crippen molar-refractivity contribution in [1.29, 1.82) is 0 Å². The fourth-order valence-corrected chi connectivity index (χ4v) is 1.71. The van der Waals surface area contributed by atoms with Crippen LogP contribution >= 0.6 is 50.7 Å². The summed E-state index contributed by atoms with van der Waals surface area (Å²) in [6, 6.07) is 5.25. The summed E-state index contributed by atoms with van der Waals surface area (Å²) in [5, 5.41) is 1.42. The van der Waals surface area contributed by atoms with Crippen molar-refractivity contribution in [3.63, 3.8) is 0 Å². The molecule has 0 aliphatic heterocycles. The molecule has 100 valence electrons. The van der Waals surface area contributed by atoms with Crippen molar-refractivity contribution in [1.82, 2.24) is 0 Å². The summed E-state index contributed by atoms with van der Waals surface area (Å²) in [6.07, 6.45) is 2.48. The van der Waals surface area contributed by atoms with E-state index in [-0.39, 0.29) is 4.49 Å². The van der Waals surface area contributed by atoms with Crippen LogP contribution in [0.3, 0.4) is 0 Å². The minimum Gasteiger partial charge on any atom is -0.492 e. The van der Waals surface area contributed by atoms with Gasteiger partial charge in [0.2, 0.25) is 0 Å². The number of rotatable bonds is 7. The van der Waals surface area contributed by atoms with Gasteiger partial charge in [-0.05, 0) is 24.6 Å². The van der Waals surface area contributed by atoms with E-state index in [2.05, 4.69) is 15.9 Å². The molecule has 0 aromatic heterocycles. The topological polar surface area (TPSA) is 18.5 Å². The molecule has 1 aromatic rings. The number of hydrogen-bond acceptors (Lipinski definition) is 2. The predicted molar refractivity (Wildman–Crippen MR) is 80.6 cm³/mol. The SMILES string of the molecule is ClC(Cl)=CCOc1ccc(OCCCBr)c(Cl)c1. The standard InChI is InChI=1S/C12H12BrCl3O2/c13-5-1-6-18-11-3-2-9(8-10(11)14)17-7-4-12(15)16/h2-4,8H,1,5-7H2. The number of benzene rings is 1. The summed E-state index contributed by atoms with van der Waals surface area (Å²) >= 11 is 20.3. The fourth-order valence-electron chi connectivity index (χ4n) is 1.13. The van der Waals surface area contributed by atoms with Gasteiger partial charge in [-0.25, -0.2) is 0 Å². The number of ether oxygens (including phenoxy) is 2. The van der Waals surface area contributed by atoms with E-state index in [1.807, 2.05) is 0 Å². The Morgan fingerprint density at radius 3 is 2.67 bits per heavy atom. The van der Waals surface area contributed by atoms with Crippen molar-refractivity contribution >= 4 is 50.7 Å². The Balaban J connectivity index is 2.53. The molecule has 0 bridgehead atoms. The Kier molecular flexibility index (Phi) is 7.91. The smallest absolute Gasteiger partial charge is 0.138 e. The molecule has 0 aliphatic rings. The largest absolute Gasteiger partial charge is 0.492 e. The molecule has 18 heavy (non-hydrogen) atoms. The van der Waals surface area contributed by atoms with E-state index in [9.17, 15) is 0 Å². The highest BCUT2D eigenvalue weighted by Crippen LogP contribution is 2.29. The van der Waals surface area contributed by atoms with Crippen LogP contribution < -0.4 is 9.47 Å². The lowest BCUT2D eigenvalue weighted by Gasteiger charge is -2.09. The average Bonchev–Trinajstić information content (AvgIpc) is 2.31. The monoisotopic (exact) mass is 372 g/mol. The van der Waals surface area contributed by atoms with Gasteiger partial charge in [0.15, 0.2) is 0 Å². The van der Waals surface area contributed by atoms with Gasteiger partial charge in [0.25, 0.3) is 0 Å². The second-order valence-electron chi connectivity index (χ2n) is 3.29. The molecule has 2 nitrogen and oxygen atoms in total. The summed E-state index contributed by atoms with van der Waals surface area (Å²) in [5.74, 6) is 1.29. The third-order valence-corrected chi connectivity index (χ3v) is 3.09. The van der Waals surface area contributed by atoms with Gasteiger partial charge in [-0.2, -0.15) is 0 Å². The minimum absolute atomic E-state index is 0.177. The van der Waals surface area contributed by atoms with Crippen molar-refractivity contribution in [2.75, 3.05) is 18.5 Å². The summed E-state index contributed by atoms with van der Waals surface area (Å²) in [5.41, 5.74) is 0. The van der Waals surface area contributed by atoms with Crippen LogP contribution in [0.4, 0.5) is 0 Å². The Labute approximate surface area is 130 Å². The van der Waals surface area contributed by atoms with Crippen molar-refractivity contribution < 1.29 is 9.47 Å². The third kappa shape index (κ3) is 6.19. The highest BCUT2D eigenvalue weighted by Gasteiger charge is 2.03. The van der Waals surface area contributed by atoms with Crippen LogP contribution in [0.15, 0.2) is 28.8 Å². The van der Waals surface area contributed by atoms with Crippen LogP contribution in [0.2, 0.25) is 5.02 Å². The lowest BCUT2D eigenvalue weighted by Crippen LogP contribution is -1.99. The molecule has 0 radical (unpaired) electrons. The van der Waals surface area contributed by atoms with Crippen LogP contribution in [0, 0.1) is 0 Å². The van der Waals surface area contributed by atoms with Crippen LogP contribution in [-0.4, -0.2) is 18.5 Å². The molecule has 0 amide bonds. The van der Waals surface area contributed by atoms with Crippen LogP contribution in [-0.2, 0) is 0 Å². The first-order chi connectivity index (χ1) is 8.63. The highest BCUT2D eigenvalue weighted by molar-refractivity contribution is 9.09. The molecule has 0 atom stereocenters. The van der Waals surface area contributed by atoms with Gasteiger partial charge >= 0.3 is 0 Å². The molecule has 0 spiro atoms. The zero-order valence-corrected chi connectivity index (χ0v) is 13.3. The molecular weight excluding hydrogens is 362 g/mol. The zero-order valence-electron chi connectivity index (χ0n) is 9.47. The van der Waals surface area contributed by atoms with Gasteiger partial charge < -0.3 is 9.47 Å². The second-order valence-corrected chi connectivity index (χ2v) is 5.50. The van der Waals surface area contributed by atoms with E-state index in [1.165, 1.54) is 0 Å². The van der Waals surface area contributed by atoms with Gasteiger partial charge in [-0.3, -0.25) is 0 Å². The lowest BCUT2D eigenvalue weighted by molar-refractivity contribution is 0.317. The van der Waals surface area contributed by atoms with Gasteiger partial charge in [0.1, 0.15) is 22.6 Å². The van der Waals surface area contributed by atoms with Gasteiger partial charge in [0, 0.05) is 11.4 Å². The Hall–Kier alpha value is -0.0900. The van der Waals surface area contributed by atoms with Gasteiger partial charge in [-0.1, -0.05) is 50.7 Å². The van der Waals surface area contributed by atoms with Crippen LogP contribution in [0.5, 0.6) is 11.5 Å². The van der Waals surface area contributed by atoms with Crippen molar-refractivity contribution in [3.05, 3.63) is 33.8 Å². The van der Waals surface area contributed by atoms with Gasteiger partial charge in [0.05, 0.1) is 11.6 Å². The molecule has 6 heteroatoms. The predicted octanol–water partition coefficient (Wildman–Crippen LogP) is 5.20. The third-order valence-electron chi connectivity index (χ3n) is 1.93. The molecular formula is C12H12BrCl3O2. The maximum absolute atomic E-state index is 6.07. The van der Waals surface area contributed by atoms with Crippen molar-refractivity contribution in [2.45, 2.75) is 6.42 Å². The summed E-state index contributed by atoms with van der Waals surface area (Å²) in [7, 11) is 0. The summed E-state index contributed by atoms with van der Waals surface area (Å²) < 4.78 is 11.1. The van der Waals surface area contributed by atoms with Crippen molar-refractivity contribution in [2.24, 2.45) is 0 Å². The molecule has 1 rings (SSSR count). The molecule has 0 saturated heterocycles. The molecule has 0 N–H and O–H groups in total. The van der Waals surface area contributed by atoms with Crippen LogP contribution in [0.25, 0.3) is 0 Å². The van der Waals surface area contributed by atoms with E-state index in [0.717, 1.165) is 11.8 Å². The van der Waals surface area contributed by atoms with E-state index >= 15 is 0 Å². The minimum atomic E-state index is 0.177. The lowest BCUT2D eigenvalue weighted by atomic mass is 10.3. The summed E-state index contributed by atoms with van der Waals surface area (Å²) in [4.78, 5) is 0. The molecule has 1 aromatic carbocycles. The molecule has 0 unspecified atom stereocenters. The normalized spacial score (nSPS) is 10.0. The first-order valence-electron chi connectivity index (χ1n) is 5.25. The molecule has 0 heterocycles. The Bertz CT molecular complexity index is 406. The average molecular weight is 374 g/mol. The van der Waals surface area contributed by atoms with E-state index in [0.29, 0.717) is 29.7 Å². The first kappa shape index (κ1) is 16.0. The van der Waals surface area contributed by atoms with E-state index in [4.69, 9.17) is 44.3 Å². The highest BCUT2D eigenvalue weighted by atomic mass is 79.9. The molecule has 0 aliphatic carbocycles. The number of halogens is 4. The summed E-state index contributed by atoms with van der Waals surface area (Å²) in [6.45, 7) is 0.915.